The predicted molar refractivity (Wildman–Crippen MR) is 70.2 cm³/mol. The van der Waals surface area contributed by atoms with Crippen LogP contribution in [0.1, 0.15) is 11.3 Å². The van der Waals surface area contributed by atoms with Gasteiger partial charge in [-0.05, 0) is 31.7 Å². The average molecular weight is 244 g/mol. The molecule has 0 amide bonds. The minimum Gasteiger partial charge on any atom is -0.454 e. The summed E-state index contributed by atoms with van der Waals surface area (Å²) in [7, 11) is 1.95. The Morgan fingerprint density at radius 2 is 2.00 bits per heavy atom. The lowest BCUT2D eigenvalue weighted by atomic mass is 10.1. The van der Waals surface area contributed by atoms with Crippen LogP contribution in [0.5, 0.6) is 11.5 Å². The van der Waals surface area contributed by atoms with Crippen LogP contribution in [-0.2, 0) is 6.42 Å². The van der Waals surface area contributed by atoms with Crippen molar-refractivity contribution in [1.29, 1.82) is 0 Å². The molecule has 94 valence electrons. The molecule has 0 atom stereocenters. The minimum absolute atomic E-state index is 0.303. The summed E-state index contributed by atoms with van der Waals surface area (Å²) in [5, 5.41) is 4.25. The molecule has 0 unspecified atom stereocenters. The fourth-order valence-corrected chi connectivity index (χ4v) is 2.21. The molecule has 18 heavy (non-hydrogen) atoms. The van der Waals surface area contributed by atoms with Gasteiger partial charge < -0.3 is 14.8 Å². The lowest BCUT2D eigenvalue weighted by Gasteiger charge is -2.08. The van der Waals surface area contributed by atoms with E-state index < -0.39 is 0 Å². The van der Waals surface area contributed by atoms with Gasteiger partial charge in [0.2, 0.25) is 6.79 Å². The third kappa shape index (κ3) is 1.88. The second-order valence-corrected chi connectivity index (χ2v) is 4.50. The Kier molecular flexibility index (Phi) is 2.80. The first-order chi connectivity index (χ1) is 8.78. The van der Waals surface area contributed by atoms with Crippen molar-refractivity contribution in [2.24, 2.45) is 0 Å². The molecule has 0 bridgehead atoms. The summed E-state index contributed by atoms with van der Waals surface area (Å²) in [5.41, 5.74) is 3.32. The van der Waals surface area contributed by atoms with Crippen molar-refractivity contribution >= 4 is 10.9 Å². The number of ether oxygens (including phenoxy) is 2. The highest BCUT2D eigenvalue weighted by Crippen LogP contribution is 2.35. The predicted octanol–water partition coefficient (Wildman–Crippen LogP) is 2.03. The van der Waals surface area contributed by atoms with E-state index in [0.29, 0.717) is 6.79 Å². The normalized spacial score (nSPS) is 13.2. The van der Waals surface area contributed by atoms with Crippen LogP contribution in [0.4, 0.5) is 0 Å². The Morgan fingerprint density at radius 3 is 2.78 bits per heavy atom. The summed E-state index contributed by atoms with van der Waals surface area (Å²) in [6.07, 6.45) is 0.937. The van der Waals surface area contributed by atoms with Crippen LogP contribution in [0, 0.1) is 6.92 Å². The van der Waals surface area contributed by atoms with E-state index in [1.807, 2.05) is 19.2 Å². The van der Waals surface area contributed by atoms with Crippen LogP contribution in [0.3, 0.4) is 0 Å². The smallest absolute Gasteiger partial charge is 0.231 e. The molecular formula is C14H16N2O2. The maximum atomic E-state index is 5.38. The van der Waals surface area contributed by atoms with Gasteiger partial charge in [-0.1, -0.05) is 0 Å². The van der Waals surface area contributed by atoms with Crippen LogP contribution >= 0.6 is 0 Å². The molecule has 0 spiro atoms. The maximum Gasteiger partial charge on any atom is 0.231 e. The lowest BCUT2D eigenvalue weighted by molar-refractivity contribution is 0.174. The first-order valence-corrected chi connectivity index (χ1v) is 6.12. The molecule has 0 saturated carbocycles. The standard InChI is InChI=1S/C14H16N2O2/c1-9-5-10-6-13-14(18-8-17-13)7-12(10)16-11(9)3-4-15-2/h5-7,15H,3-4,8H2,1-2H3. The molecular weight excluding hydrogens is 228 g/mol. The molecule has 0 fully saturated rings. The monoisotopic (exact) mass is 244 g/mol. The summed E-state index contributed by atoms with van der Waals surface area (Å²) in [6, 6.07) is 6.12. The van der Waals surface area contributed by atoms with Gasteiger partial charge in [0, 0.05) is 30.1 Å². The number of aryl methyl sites for hydroxylation is 1. The molecule has 4 nitrogen and oxygen atoms in total. The van der Waals surface area contributed by atoms with Crippen molar-refractivity contribution < 1.29 is 9.47 Å². The van der Waals surface area contributed by atoms with Gasteiger partial charge in [-0.15, -0.1) is 0 Å². The van der Waals surface area contributed by atoms with Gasteiger partial charge in [0.25, 0.3) is 0 Å². The zero-order valence-corrected chi connectivity index (χ0v) is 10.6. The van der Waals surface area contributed by atoms with E-state index in [2.05, 4.69) is 18.3 Å². The zero-order chi connectivity index (χ0) is 12.5. The van der Waals surface area contributed by atoms with Gasteiger partial charge in [-0.2, -0.15) is 0 Å². The molecule has 0 aliphatic carbocycles. The number of nitrogens with one attached hydrogen (secondary N) is 1. The van der Waals surface area contributed by atoms with Gasteiger partial charge in [0.15, 0.2) is 11.5 Å². The van der Waals surface area contributed by atoms with Crippen LogP contribution in [0.2, 0.25) is 0 Å². The number of hydrogen-bond donors (Lipinski definition) is 1. The molecule has 2 aromatic rings. The molecule has 3 rings (SSSR count). The topological polar surface area (TPSA) is 43.4 Å². The highest BCUT2D eigenvalue weighted by atomic mass is 16.7. The Labute approximate surface area is 106 Å². The second-order valence-electron chi connectivity index (χ2n) is 4.50. The average Bonchev–Trinajstić information content (AvgIpc) is 2.80. The fourth-order valence-electron chi connectivity index (χ4n) is 2.21. The number of aromatic nitrogens is 1. The largest absolute Gasteiger partial charge is 0.454 e. The SMILES string of the molecule is CNCCc1nc2cc3c(cc2cc1C)OCO3. The Bertz CT molecular complexity index is 596. The zero-order valence-electron chi connectivity index (χ0n) is 10.6. The summed E-state index contributed by atoms with van der Waals surface area (Å²) in [4.78, 5) is 4.71. The van der Waals surface area contributed by atoms with E-state index in [0.717, 1.165) is 41.1 Å². The fraction of sp³-hybridized carbons (Fsp3) is 0.357. The van der Waals surface area contributed by atoms with Gasteiger partial charge in [0.05, 0.1) is 5.52 Å². The number of likely N-dealkylation sites (N-methyl/N-ethyl adjacent to an activating group) is 1. The van der Waals surface area contributed by atoms with Gasteiger partial charge in [-0.25, -0.2) is 0 Å². The molecule has 0 saturated heterocycles. The Balaban J connectivity index is 2.08. The first kappa shape index (κ1) is 11.3. The molecule has 4 heteroatoms. The van der Waals surface area contributed by atoms with Crippen molar-refractivity contribution in [2.75, 3.05) is 20.4 Å². The number of rotatable bonds is 3. The van der Waals surface area contributed by atoms with Crippen molar-refractivity contribution in [3.8, 4) is 11.5 Å². The van der Waals surface area contributed by atoms with E-state index in [9.17, 15) is 0 Å². The molecule has 1 aliphatic heterocycles. The van der Waals surface area contributed by atoms with Crippen LogP contribution in [-0.4, -0.2) is 25.4 Å². The summed E-state index contributed by atoms with van der Waals surface area (Å²) >= 11 is 0. The van der Waals surface area contributed by atoms with E-state index in [-0.39, 0.29) is 0 Å². The number of nitrogens with zero attached hydrogens (tertiary/aromatic N) is 1. The molecule has 2 heterocycles. The van der Waals surface area contributed by atoms with Crippen LogP contribution in [0.15, 0.2) is 18.2 Å². The maximum absolute atomic E-state index is 5.38. The summed E-state index contributed by atoms with van der Waals surface area (Å²) in [5.74, 6) is 1.60. The van der Waals surface area contributed by atoms with E-state index >= 15 is 0 Å². The second kappa shape index (κ2) is 4.46. The third-order valence-electron chi connectivity index (χ3n) is 3.22. The highest BCUT2D eigenvalue weighted by molar-refractivity contribution is 5.83. The minimum atomic E-state index is 0.303. The van der Waals surface area contributed by atoms with Crippen molar-refractivity contribution in [2.45, 2.75) is 13.3 Å². The van der Waals surface area contributed by atoms with Crippen LogP contribution < -0.4 is 14.8 Å². The molecule has 1 aromatic heterocycles. The van der Waals surface area contributed by atoms with Crippen molar-refractivity contribution in [3.05, 3.63) is 29.5 Å². The number of pyridine rings is 1. The van der Waals surface area contributed by atoms with Crippen LogP contribution in [0.25, 0.3) is 10.9 Å². The highest BCUT2D eigenvalue weighted by Gasteiger charge is 2.15. The van der Waals surface area contributed by atoms with Gasteiger partial charge in [-0.3, -0.25) is 4.98 Å². The molecule has 0 radical (unpaired) electrons. The van der Waals surface area contributed by atoms with Crippen molar-refractivity contribution in [1.82, 2.24) is 10.3 Å². The van der Waals surface area contributed by atoms with E-state index in [1.165, 1.54) is 5.56 Å². The number of hydrogen-bond acceptors (Lipinski definition) is 4. The quantitative estimate of drug-likeness (QED) is 0.897. The van der Waals surface area contributed by atoms with E-state index in [1.54, 1.807) is 0 Å². The molecule has 1 aliphatic rings. The molecule has 1 aromatic carbocycles. The third-order valence-corrected chi connectivity index (χ3v) is 3.22. The number of benzene rings is 1. The molecule has 1 N–H and O–H groups in total. The van der Waals surface area contributed by atoms with Crippen molar-refractivity contribution in [3.63, 3.8) is 0 Å². The Hall–Kier alpha value is -1.81. The summed E-state index contributed by atoms with van der Waals surface area (Å²) < 4.78 is 10.8. The van der Waals surface area contributed by atoms with E-state index in [4.69, 9.17) is 14.5 Å². The summed E-state index contributed by atoms with van der Waals surface area (Å²) in [6.45, 7) is 3.34. The van der Waals surface area contributed by atoms with Gasteiger partial charge >= 0.3 is 0 Å². The number of fused-ring (bicyclic) bond motifs is 2. The van der Waals surface area contributed by atoms with Gasteiger partial charge in [0.1, 0.15) is 0 Å². The Morgan fingerprint density at radius 1 is 1.22 bits per heavy atom. The first-order valence-electron chi connectivity index (χ1n) is 6.12. The lowest BCUT2D eigenvalue weighted by Crippen LogP contribution is -2.12.